The fraction of sp³-hybridized carbons (Fsp3) is 0.632. The van der Waals surface area contributed by atoms with Crippen LogP contribution in [-0.4, -0.2) is 29.8 Å². The van der Waals surface area contributed by atoms with Crippen LogP contribution in [0.3, 0.4) is 0 Å². The summed E-state index contributed by atoms with van der Waals surface area (Å²) in [5, 5.41) is 0. The highest BCUT2D eigenvalue weighted by Crippen LogP contribution is 2.36. The molecule has 0 aromatic heterocycles. The van der Waals surface area contributed by atoms with Gasteiger partial charge in [-0.15, -0.1) is 0 Å². The molecule has 0 bridgehead atoms. The molecule has 2 aliphatic rings. The number of carbonyl (C=O) groups excluding carboxylic acids is 1. The molecule has 114 valence electrons. The van der Waals surface area contributed by atoms with Gasteiger partial charge < -0.3 is 0 Å². The number of Topliss-reactive ketones (excluding diaryl/α,β-unsaturated/α-hetero) is 1. The van der Waals surface area contributed by atoms with E-state index in [4.69, 9.17) is 0 Å². The van der Waals surface area contributed by atoms with Crippen LogP contribution >= 0.6 is 0 Å². The topological polar surface area (TPSA) is 20.3 Å². The predicted octanol–water partition coefficient (Wildman–Crippen LogP) is 4.14. The van der Waals surface area contributed by atoms with Crippen molar-refractivity contribution in [3.8, 4) is 0 Å². The molecule has 1 aliphatic carbocycles. The summed E-state index contributed by atoms with van der Waals surface area (Å²) < 4.78 is 0. The highest BCUT2D eigenvalue weighted by molar-refractivity contribution is 5.96. The van der Waals surface area contributed by atoms with Crippen molar-refractivity contribution >= 4 is 5.78 Å². The Hall–Kier alpha value is -1.15. The van der Waals surface area contributed by atoms with Crippen molar-refractivity contribution in [3.05, 3.63) is 34.9 Å². The van der Waals surface area contributed by atoms with E-state index in [-0.39, 0.29) is 0 Å². The fourth-order valence-electron chi connectivity index (χ4n) is 4.36. The second-order valence-corrected chi connectivity index (χ2v) is 6.99. The summed E-state index contributed by atoms with van der Waals surface area (Å²) in [4.78, 5) is 15.1. The lowest BCUT2D eigenvalue weighted by atomic mass is 9.91. The third kappa shape index (κ3) is 3.37. The summed E-state index contributed by atoms with van der Waals surface area (Å²) in [5.41, 5.74) is 3.27. The smallest absolute Gasteiger partial charge is 0.164 e. The number of carbonyl (C=O) groups is 1. The molecule has 2 nitrogen and oxygen atoms in total. The summed E-state index contributed by atoms with van der Waals surface area (Å²) >= 11 is 0. The average molecular weight is 285 g/mol. The molecule has 1 aromatic carbocycles. The standard InChI is InChI=1S/C19H27NO/c1-14-11-15(2)13-17(12-14)19(21)8-10-20-9-4-6-16-5-3-7-18(16)20/h11-13,16,18H,3-10H2,1-2H3. The summed E-state index contributed by atoms with van der Waals surface area (Å²) in [6.45, 7) is 6.28. The van der Waals surface area contributed by atoms with Gasteiger partial charge in [-0.2, -0.15) is 0 Å². The molecule has 1 aliphatic heterocycles. The summed E-state index contributed by atoms with van der Waals surface area (Å²) in [6.07, 6.45) is 7.54. The molecule has 21 heavy (non-hydrogen) atoms. The number of ketones is 1. The summed E-state index contributed by atoms with van der Waals surface area (Å²) in [6, 6.07) is 6.96. The molecule has 1 saturated heterocycles. The minimum absolute atomic E-state index is 0.307. The van der Waals surface area contributed by atoms with Crippen LogP contribution in [0, 0.1) is 19.8 Å². The van der Waals surface area contributed by atoms with Gasteiger partial charge in [-0.25, -0.2) is 0 Å². The van der Waals surface area contributed by atoms with Crippen molar-refractivity contribution in [2.24, 2.45) is 5.92 Å². The molecule has 2 fully saturated rings. The van der Waals surface area contributed by atoms with Gasteiger partial charge in [0.2, 0.25) is 0 Å². The molecular formula is C19H27NO. The molecule has 0 N–H and O–H groups in total. The quantitative estimate of drug-likeness (QED) is 0.775. The van der Waals surface area contributed by atoms with Crippen LogP contribution in [0.25, 0.3) is 0 Å². The van der Waals surface area contributed by atoms with Gasteiger partial charge in [-0.1, -0.05) is 23.6 Å². The first-order valence-corrected chi connectivity index (χ1v) is 8.49. The van der Waals surface area contributed by atoms with Crippen molar-refractivity contribution in [2.75, 3.05) is 13.1 Å². The second kappa shape index (κ2) is 6.31. The van der Waals surface area contributed by atoms with Gasteiger partial charge >= 0.3 is 0 Å². The van der Waals surface area contributed by atoms with E-state index in [1.165, 1.54) is 49.8 Å². The Bertz CT molecular complexity index is 502. The number of hydrogen-bond donors (Lipinski definition) is 0. The number of piperidine rings is 1. The molecular weight excluding hydrogens is 258 g/mol. The molecule has 1 heterocycles. The van der Waals surface area contributed by atoms with Crippen molar-refractivity contribution in [2.45, 2.75) is 58.4 Å². The van der Waals surface area contributed by atoms with Crippen LogP contribution in [0.4, 0.5) is 0 Å². The molecule has 0 spiro atoms. The van der Waals surface area contributed by atoms with E-state index >= 15 is 0 Å². The fourth-order valence-corrected chi connectivity index (χ4v) is 4.36. The minimum atomic E-state index is 0.307. The van der Waals surface area contributed by atoms with Crippen molar-refractivity contribution < 1.29 is 4.79 Å². The molecule has 0 amide bonds. The maximum absolute atomic E-state index is 12.5. The first kappa shape index (κ1) is 14.8. The molecule has 1 saturated carbocycles. The number of hydrogen-bond acceptors (Lipinski definition) is 2. The number of fused-ring (bicyclic) bond motifs is 1. The van der Waals surface area contributed by atoms with Crippen LogP contribution in [0.1, 0.15) is 60.0 Å². The van der Waals surface area contributed by atoms with Crippen LogP contribution in [0.15, 0.2) is 18.2 Å². The van der Waals surface area contributed by atoms with E-state index in [0.29, 0.717) is 12.2 Å². The van der Waals surface area contributed by atoms with Gasteiger partial charge in [0.15, 0.2) is 5.78 Å². The van der Waals surface area contributed by atoms with E-state index < -0.39 is 0 Å². The molecule has 2 unspecified atom stereocenters. The highest BCUT2D eigenvalue weighted by Gasteiger charge is 2.34. The van der Waals surface area contributed by atoms with E-state index in [1.54, 1.807) is 0 Å². The van der Waals surface area contributed by atoms with Crippen LogP contribution in [-0.2, 0) is 0 Å². The van der Waals surface area contributed by atoms with Gasteiger partial charge in [-0.05, 0) is 64.1 Å². The Morgan fingerprint density at radius 2 is 1.81 bits per heavy atom. The molecule has 1 aromatic rings. The number of likely N-dealkylation sites (tertiary alicyclic amines) is 1. The lowest BCUT2D eigenvalue weighted by molar-refractivity contribution is 0.0875. The molecule has 2 atom stereocenters. The van der Waals surface area contributed by atoms with Gasteiger partial charge in [0, 0.05) is 24.6 Å². The maximum Gasteiger partial charge on any atom is 0.164 e. The van der Waals surface area contributed by atoms with Crippen LogP contribution < -0.4 is 0 Å². The lowest BCUT2D eigenvalue weighted by Crippen LogP contribution is -2.43. The third-order valence-electron chi connectivity index (χ3n) is 5.28. The Kier molecular flexibility index (Phi) is 4.44. The monoisotopic (exact) mass is 285 g/mol. The van der Waals surface area contributed by atoms with Gasteiger partial charge in [0.1, 0.15) is 0 Å². The molecule has 0 radical (unpaired) electrons. The minimum Gasteiger partial charge on any atom is -0.300 e. The van der Waals surface area contributed by atoms with E-state index in [1.807, 2.05) is 12.1 Å². The molecule has 2 heteroatoms. The number of rotatable bonds is 4. The van der Waals surface area contributed by atoms with E-state index in [9.17, 15) is 4.79 Å². The maximum atomic E-state index is 12.5. The number of nitrogens with zero attached hydrogens (tertiary/aromatic N) is 1. The van der Waals surface area contributed by atoms with Gasteiger partial charge in [-0.3, -0.25) is 9.69 Å². The highest BCUT2D eigenvalue weighted by atomic mass is 16.1. The molecule has 3 rings (SSSR count). The Labute approximate surface area is 128 Å². The Morgan fingerprint density at radius 1 is 1.10 bits per heavy atom. The summed E-state index contributed by atoms with van der Waals surface area (Å²) in [7, 11) is 0. The zero-order valence-electron chi connectivity index (χ0n) is 13.4. The predicted molar refractivity (Wildman–Crippen MR) is 86.8 cm³/mol. The number of benzene rings is 1. The van der Waals surface area contributed by atoms with E-state index in [0.717, 1.165) is 24.1 Å². The second-order valence-electron chi connectivity index (χ2n) is 6.99. The van der Waals surface area contributed by atoms with Crippen molar-refractivity contribution in [1.82, 2.24) is 4.90 Å². The van der Waals surface area contributed by atoms with E-state index in [2.05, 4.69) is 24.8 Å². The lowest BCUT2D eigenvalue weighted by Gasteiger charge is -2.37. The van der Waals surface area contributed by atoms with Crippen LogP contribution in [0.2, 0.25) is 0 Å². The Balaban J connectivity index is 1.60. The normalized spacial score (nSPS) is 25.8. The number of aryl methyl sites for hydroxylation is 2. The van der Waals surface area contributed by atoms with Gasteiger partial charge in [0.05, 0.1) is 0 Å². The average Bonchev–Trinajstić information content (AvgIpc) is 2.92. The van der Waals surface area contributed by atoms with Crippen molar-refractivity contribution in [1.29, 1.82) is 0 Å². The largest absolute Gasteiger partial charge is 0.300 e. The third-order valence-corrected chi connectivity index (χ3v) is 5.28. The SMILES string of the molecule is Cc1cc(C)cc(C(=O)CCN2CCCC3CCCC32)c1. The first-order chi connectivity index (χ1) is 10.1. The zero-order valence-corrected chi connectivity index (χ0v) is 13.4. The summed E-state index contributed by atoms with van der Waals surface area (Å²) in [5.74, 6) is 1.22. The van der Waals surface area contributed by atoms with Gasteiger partial charge in [0.25, 0.3) is 0 Å². The zero-order chi connectivity index (χ0) is 14.8. The first-order valence-electron chi connectivity index (χ1n) is 8.49. The van der Waals surface area contributed by atoms with Crippen molar-refractivity contribution in [3.63, 3.8) is 0 Å². The Morgan fingerprint density at radius 3 is 2.57 bits per heavy atom. The van der Waals surface area contributed by atoms with Crippen LogP contribution in [0.5, 0.6) is 0 Å².